The van der Waals surface area contributed by atoms with Crippen molar-refractivity contribution in [2.24, 2.45) is 0 Å². The number of nitrogens with zero attached hydrogens (tertiary/aromatic N) is 1. The highest BCUT2D eigenvalue weighted by atomic mass is 19.4. The smallest absolute Gasteiger partial charge is 0.355 e. The molecule has 1 heterocycles. The zero-order chi connectivity index (χ0) is 20.1. The van der Waals surface area contributed by atoms with Crippen LogP contribution in [0.5, 0.6) is 0 Å². The maximum Gasteiger partial charge on any atom is 0.418 e. The van der Waals surface area contributed by atoms with Crippen LogP contribution in [0.25, 0.3) is 0 Å². The summed E-state index contributed by atoms with van der Waals surface area (Å²) in [4.78, 5) is 16.5. The van der Waals surface area contributed by atoms with Gasteiger partial charge in [0.25, 0.3) is 5.91 Å². The molecule has 0 saturated heterocycles. The van der Waals surface area contributed by atoms with Crippen LogP contribution in [-0.2, 0) is 6.18 Å². The largest absolute Gasteiger partial charge is 0.418 e. The molecular weight excluding hydrogens is 367 g/mol. The summed E-state index contributed by atoms with van der Waals surface area (Å²) in [5.74, 6) is -0.413. The summed E-state index contributed by atoms with van der Waals surface area (Å²) in [5, 5.41) is 5.55. The first kappa shape index (κ1) is 19.4. The fourth-order valence-corrected chi connectivity index (χ4v) is 2.72. The minimum Gasteiger partial charge on any atom is -0.355 e. The van der Waals surface area contributed by atoms with Gasteiger partial charge in [-0.05, 0) is 36.8 Å². The number of nitrogens with one attached hydrogen (secondary N) is 2. The van der Waals surface area contributed by atoms with E-state index in [1.165, 1.54) is 36.5 Å². The van der Waals surface area contributed by atoms with Gasteiger partial charge in [0.2, 0.25) is 0 Å². The molecule has 0 aliphatic carbocycles. The van der Waals surface area contributed by atoms with E-state index in [1.807, 2.05) is 37.3 Å². The number of carbonyl (C=O) groups is 1. The molecule has 7 heteroatoms. The number of hydrogen-bond acceptors (Lipinski definition) is 3. The van der Waals surface area contributed by atoms with Crippen molar-refractivity contribution in [2.75, 3.05) is 5.32 Å². The second-order valence-electron chi connectivity index (χ2n) is 6.20. The molecule has 0 saturated carbocycles. The SMILES string of the molecule is CC(NC(=O)c1cc(Nc2ccccc2C(F)(F)F)ccn1)c1ccccc1. The zero-order valence-electron chi connectivity index (χ0n) is 15.0. The van der Waals surface area contributed by atoms with E-state index in [0.717, 1.165) is 11.6 Å². The summed E-state index contributed by atoms with van der Waals surface area (Å²) < 4.78 is 39.4. The van der Waals surface area contributed by atoms with E-state index < -0.39 is 17.6 Å². The van der Waals surface area contributed by atoms with Crippen molar-refractivity contribution >= 4 is 17.3 Å². The third-order valence-corrected chi connectivity index (χ3v) is 4.15. The van der Waals surface area contributed by atoms with E-state index >= 15 is 0 Å². The van der Waals surface area contributed by atoms with E-state index in [0.29, 0.717) is 5.69 Å². The van der Waals surface area contributed by atoms with E-state index in [4.69, 9.17) is 0 Å². The van der Waals surface area contributed by atoms with Gasteiger partial charge in [-0.3, -0.25) is 9.78 Å². The van der Waals surface area contributed by atoms with Crippen molar-refractivity contribution in [2.45, 2.75) is 19.1 Å². The molecular formula is C21H18F3N3O. The van der Waals surface area contributed by atoms with Crippen LogP contribution < -0.4 is 10.6 Å². The number of hydrogen-bond donors (Lipinski definition) is 2. The molecule has 0 radical (unpaired) electrons. The third kappa shape index (κ3) is 4.68. The summed E-state index contributed by atoms with van der Waals surface area (Å²) in [6, 6.07) is 17.3. The lowest BCUT2D eigenvalue weighted by molar-refractivity contribution is -0.136. The molecule has 3 aromatic rings. The van der Waals surface area contributed by atoms with Gasteiger partial charge in [-0.25, -0.2) is 0 Å². The van der Waals surface area contributed by atoms with Crippen LogP contribution in [0.15, 0.2) is 72.9 Å². The summed E-state index contributed by atoms with van der Waals surface area (Å²) in [7, 11) is 0. The predicted octanol–water partition coefficient (Wildman–Crippen LogP) is 5.34. The van der Waals surface area contributed by atoms with Crippen LogP contribution in [-0.4, -0.2) is 10.9 Å². The van der Waals surface area contributed by atoms with Crippen LogP contribution in [0.1, 0.15) is 34.6 Å². The maximum absolute atomic E-state index is 13.1. The minimum absolute atomic E-state index is 0.0924. The first-order valence-corrected chi connectivity index (χ1v) is 8.59. The fourth-order valence-electron chi connectivity index (χ4n) is 2.72. The van der Waals surface area contributed by atoms with Crippen LogP contribution in [0.4, 0.5) is 24.5 Å². The Labute approximate surface area is 160 Å². The summed E-state index contributed by atoms with van der Waals surface area (Å²) >= 11 is 0. The van der Waals surface area contributed by atoms with Crippen molar-refractivity contribution in [1.29, 1.82) is 0 Å². The molecule has 3 rings (SSSR count). The molecule has 1 amide bonds. The average Bonchev–Trinajstić information content (AvgIpc) is 2.68. The van der Waals surface area contributed by atoms with Gasteiger partial charge in [0.15, 0.2) is 0 Å². The van der Waals surface area contributed by atoms with Crippen molar-refractivity contribution in [1.82, 2.24) is 10.3 Å². The quantitative estimate of drug-likeness (QED) is 0.624. The van der Waals surface area contributed by atoms with Crippen molar-refractivity contribution in [3.63, 3.8) is 0 Å². The number of pyridine rings is 1. The Hall–Kier alpha value is -3.35. The standard InChI is InChI=1S/C21H18F3N3O/c1-14(15-7-3-2-4-8-15)26-20(28)19-13-16(11-12-25-19)27-18-10-6-5-9-17(18)21(22,23)24/h2-14H,1H3,(H,25,27)(H,26,28). The molecule has 2 aromatic carbocycles. The number of alkyl halides is 3. The first-order valence-electron chi connectivity index (χ1n) is 8.59. The number of benzene rings is 2. The molecule has 1 atom stereocenters. The molecule has 0 aliphatic rings. The Bertz CT molecular complexity index is 958. The predicted molar refractivity (Wildman–Crippen MR) is 101 cm³/mol. The van der Waals surface area contributed by atoms with E-state index in [9.17, 15) is 18.0 Å². The van der Waals surface area contributed by atoms with Gasteiger partial charge in [-0.1, -0.05) is 42.5 Å². The molecule has 0 bridgehead atoms. The molecule has 0 aliphatic heterocycles. The summed E-state index contributed by atoms with van der Waals surface area (Å²) in [6.07, 6.45) is -3.11. The monoisotopic (exact) mass is 385 g/mol. The van der Waals surface area contributed by atoms with Gasteiger partial charge in [-0.15, -0.1) is 0 Å². The van der Waals surface area contributed by atoms with Gasteiger partial charge in [0, 0.05) is 11.9 Å². The number of para-hydroxylation sites is 1. The Morgan fingerprint density at radius 2 is 1.68 bits per heavy atom. The highest BCUT2D eigenvalue weighted by molar-refractivity contribution is 5.93. The van der Waals surface area contributed by atoms with Crippen molar-refractivity contribution < 1.29 is 18.0 Å². The van der Waals surface area contributed by atoms with Crippen LogP contribution in [0.2, 0.25) is 0 Å². The van der Waals surface area contributed by atoms with E-state index in [-0.39, 0.29) is 17.4 Å². The lowest BCUT2D eigenvalue weighted by atomic mass is 10.1. The molecule has 0 fully saturated rings. The maximum atomic E-state index is 13.1. The Morgan fingerprint density at radius 3 is 2.39 bits per heavy atom. The second-order valence-corrected chi connectivity index (χ2v) is 6.20. The third-order valence-electron chi connectivity index (χ3n) is 4.15. The van der Waals surface area contributed by atoms with Gasteiger partial charge in [0.05, 0.1) is 17.3 Å². The Kier molecular flexibility index (Phi) is 5.63. The lowest BCUT2D eigenvalue weighted by Gasteiger charge is -2.16. The molecule has 2 N–H and O–H groups in total. The molecule has 4 nitrogen and oxygen atoms in total. The first-order chi connectivity index (χ1) is 13.3. The molecule has 1 aromatic heterocycles. The van der Waals surface area contributed by atoms with Crippen LogP contribution in [0, 0.1) is 0 Å². The fraction of sp³-hybridized carbons (Fsp3) is 0.143. The van der Waals surface area contributed by atoms with E-state index in [2.05, 4.69) is 15.6 Å². The summed E-state index contributed by atoms with van der Waals surface area (Å²) in [5.41, 5.74) is 0.506. The van der Waals surface area contributed by atoms with E-state index in [1.54, 1.807) is 0 Å². The van der Waals surface area contributed by atoms with Gasteiger partial charge in [0.1, 0.15) is 5.69 Å². The van der Waals surface area contributed by atoms with Gasteiger partial charge < -0.3 is 10.6 Å². The number of halogens is 3. The zero-order valence-corrected chi connectivity index (χ0v) is 15.0. The molecule has 144 valence electrons. The number of aromatic nitrogens is 1. The lowest BCUT2D eigenvalue weighted by Crippen LogP contribution is -2.27. The normalized spacial score (nSPS) is 12.3. The van der Waals surface area contributed by atoms with Gasteiger partial charge >= 0.3 is 6.18 Å². The number of carbonyl (C=O) groups excluding carboxylic acids is 1. The Balaban J connectivity index is 1.77. The van der Waals surface area contributed by atoms with Crippen molar-refractivity contribution in [3.05, 3.63) is 89.7 Å². The second kappa shape index (κ2) is 8.12. The molecule has 1 unspecified atom stereocenters. The number of anilines is 2. The molecule has 28 heavy (non-hydrogen) atoms. The number of amides is 1. The average molecular weight is 385 g/mol. The van der Waals surface area contributed by atoms with Crippen molar-refractivity contribution in [3.8, 4) is 0 Å². The highest BCUT2D eigenvalue weighted by Crippen LogP contribution is 2.35. The molecule has 0 spiro atoms. The Morgan fingerprint density at radius 1 is 1.00 bits per heavy atom. The highest BCUT2D eigenvalue weighted by Gasteiger charge is 2.33. The summed E-state index contributed by atoms with van der Waals surface area (Å²) in [6.45, 7) is 1.84. The van der Waals surface area contributed by atoms with Crippen LogP contribution in [0.3, 0.4) is 0 Å². The minimum atomic E-state index is -4.48. The van der Waals surface area contributed by atoms with Gasteiger partial charge in [-0.2, -0.15) is 13.2 Å². The topological polar surface area (TPSA) is 54.0 Å². The van der Waals surface area contributed by atoms with Crippen LogP contribution >= 0.6 is 0 Å². The number of rotatable bonds is 5.